The van der Waals surface area contributed by atoms with Gasteiger partial charge < -0.3 is 19.3 Å². The lowest BCUT2D eigenvalue weighted by Crippen LogP contribution is -2.30. The van der Waals surface area contributed by atoms with Gasteiger partial charge in [0.2, 0.25) is 5.95 Å². The van der Waals surface area contributed by atoms with Crippen LogP contribution in [0.2, 0.25) is 0 Å². The number of aliphatic hydroxyl groups excluding tert-OH is 1. The second-order valence-electron chi connectivity index (χ2n) is 8.29. The van der Waals surface area contributed by atoms with Crippen molar-refractivity contribution < 1.29 is 14.4 Å². The minimum Gasteiger partial charge on any atom is -0.488 e. The first-order valence-corrected chi connectivity index (χ1v) is 10.6. The van der Waals surface area contributed by atoms with Gasteiger partial charge in [-0.05, 0) is 44.0 Å². The van der Waals surface area contributed by atoms with Gasteiger partial charge in [0.25, 0.3) is 0 Å². The van der Waals surface area contributed by atoms with Crippen molar-refractivity contribution in [3.8, 4) is 16.9 Å². The Morgan fingerprint density at radius 1 is 1.19 bits per heavy atom. The number of hydrogen-bond acceptors (Lipinski definition) is 7. The van der Waals surface area contributed by atoms with Crippen LogP contribution < -0.4 is 9.64 Å². The molecule has 1 aromatic carbocycles. The summed E-state index contributed by atoms with van der Waals surface area (Å²) in [5, 5.41) is 14.3. The number of aliphatic hydroxyl groups is 1. The number of aryl methyl sites for hydroxylation is 2. The molecule has 8 nitrogen and oxygen atoms in total. The summed E-state index contributed by atoms with van der Waals surface area (Å²) in [6.07, 6.45) is 4.07. The summed E-state index contributed by atoms with van der Waals surface area (Å²) in [5.41, 5.74) is 5.64. The van der Waals surface area contributed by atoms with E-state index in [1.165, 1.54) is 0 Å². The molecule has 3 aromatic heterocycles. The van der Waals surface area contributed by atoms with Crippen LogP contribution in [0.3, 0.4) is 0 Å². The zero-order valence-corrected chi connectivity index (χ0v) is 17.4. The summed E-state index contributed by atoms with van der Waals surface area (Å²) in [5.74, 6) is 2.42. The van der Waals surface area contributed by atoms with E-state index >= 15 is 0 Å². The Labute approximate surface area is 179 Å². The second kappa shape index (κ2) is 6.81. The molecule has 0 bridgehead atoms. The molecule has 5 heterocycles. The van der Waals surface area contributed by atoms with Crippen LogP contribution in [0.4, 0.5) is 5.95 Å². The van der Waals surface area contributed by atoms with Crippen LogP contribution >= 0.6 is 0 Å². The van der Waals surface area contributed by atoms with Crippen LogP contribution in [-0.2, 0) is 0 Å². The molecule has 1 N–H and O–H groups in total. The molecule has 8 heteroatoms. The molecule has 0 amide bonds. The quantitative estimate of drug-likeness (QED) is 0.547. The standard InChI is InChI=1S/C23H23N5O3/c1-13-20(14(2)31-26-13)17-5-6-18-21-22(17)30-12-19(15-4-3-8-24-10-15)28(21)23(25-18)27-9-7-16(29)11-27/h3-6,8,10,16,19,29H,7,9,11-12H2,1-2H3. The van der Waals surface area contributed by atoms with E-state index < -0.39 is 0 Å². The van der Waals surface area contributed by atoms with Crippen molar-refractivity contribution in [1.82, 2.24) is 19.7 Å². The fourth-order valence-corrected chi connectivity index (χ4v) is 4.85. The topological polar surface area (TPSA) is 89.4 Å². The lowest BCUT2D eigenvalue weighted by Gasteiger charge is -2.30. The fraction of sp³-hybridized carbons (Fsp3) is 0.348. The highest BCUT2D eigenvalue weighted by molar-refractivity contribution is 5.94. The molecule has 6 rings (SSSR count). The van der Waals surface area contributed by atoms with Gasteiger partial charge in [0.15, 0.2) is 5.75 Å². The molecule has 2 unspecified atom stereocenters. The maximum absolute atomic E-state index is 10.2. The van der Waals surface area contributed by atoms with Gasteiger partial charge in [0, 0.05) is 31.0 Å². The number of nitrogens with zero attached hydrogens (tertiary/aromatic N) is 5. The molecule has 0 spiro atoms. The lowest BCUT2D eigenvalue weighted by atomic mass is 10.0. The van der Waals surface area contributed by atoms with E-state index in [0.717, 1.165) is 63.8 Å². The van der Waals surface area contributed by atoms with E-state index in [2.05, 4.69) is 25.7 Å². The van der Waals surface area contributed by atoms with Crippen LogP contribution in [0.25, 0.3) is 22.2 Å². The third kappa shape index (κ3) is 2.75. The molecule has 1 fully saturated rings. The van der Waals surface area contributed by atoms with Crippen LogP contribution in [0.5, 0.6) is 5.75 Å². The van der Waals surface area contributed by atoms with Crippen molar-refractivity contribution in [2.45, 2.75) is 32.4 Å². The predicted octanol–water partition coefficient (Wildman–Crippen LogP) is 3.26. The summed E-state index contributed by atoms with van der Waals surface area (Å²) >= 11 is 0. The summed E-state index contributed by atoms with van der Waals surface area (Å²) in [6.45, 7) is 5.68. The third-order valence-corrected chi connectivity index (χ3v) is 6.30. The zero-order valence-electron chi connectivity index (χ0n) is 17.4. The van der Waals surface area contributed by atoms with E-state index in [-0.39, 0.29) is 12.1 Å². The van der Waals surface area contributed by atoms with E-state index in [9.17, 15) is 5.11 Å². The van der Waals surface area contributed by atoms with Gasteiger partial charge in [0.05, 0.1) is 28.9 Å². The average molecular weight is 417 g/mol. The molecule has 2 aliphatic heterocycles. The maximum atomic E-state index is 10.2. The van der Waals surface area contributed by atoms with Crippen molar-refractivity contribution in [2.24, 2.45) is 0 Å². The number of β-amino-alcohol motifs (C(OH)–C–C–N with tert-alkyl or cyclic N) is 1. The summed E-state index contributed by atoms with van der Waals surface area (Å²) in [4.78, 5) is 11.5. The Morgan fingerprint density at radius 3 is 2.81 bits per heavy atom. The number of ether oxygens (including phenoxy) is 1. The molecule has 158 valence electrons. The monoisotopic (exact) mass is 417 g/mol. The number of hydrogen-bond donors (Lipinski definition) is 1. The fourth-order valence-electron chi connectivity index (χ4n) is 4.85. The Morgan fingerprint density at radius 2 is 2.10 bits per heavy atom. The van der Waals surface area contributed by atoms with Gasteiger partial charge >= 0.3 is 0 Å². The van der Waals surface area contributed by atoms with E-state index in [1.54, 1.807) is 6.20 Å². The van der Waals surface area contributed by atoms with Crippen LogP contribution in [0, 0.1) is 13.8 Å². The number of pyridine rings is 1. The van der Waals surface area contributed by atoms with Crippen LogP contribution in [0.15, 0.2) is 41.2 Å². The second-order valence-corrected chi connectivity index (χ2v) is 8.29. The van der Waals surface area contributed by atoms with Gasteiger partial charge in [-0.1, -0.05) is 11.2 Å². The van der Waals surface area contributed by atoms with E-state index in [1.807, 2.05) is 38.2 Å². The van der Waals surface area contributed by atoms with Gasteiger partial charge in [0.1, 0.15) is 17.9 Å². The molecular weight excluding hydrogens is 394 g/mol. The van der Waals surface area contributed by atoms with Crippen molar-refractivity contribution in [3.05, 3.63) is 53.7 Å². The predicted molar refractivity (Wildman–Crippen MR) is 115 cm³/mol. The summed E-state index contributed by atoms with van der Waals surface area (Å²) < 4.78 is 14.1. The largest absolute Gasteiger partial charge is 0.488 e. The van der Waals surface area contributed by atoms with Crippen molar-refractivity contribution in [3.63, 3.8) is 0 Å². The van der Waals surface area contributed by atoms with Gasteiger partial charge in [-0.25, -0.2) is 4.98 Å². The third-order valence-electron chi connectivity index (χ3n) is 6.30. The molecule has 2 aliphatic rings. The Kier molecular flexibility index (Phi) is 4.04. The molecule has 31 heavy (non-hydrogen) atoms. The maximum Gasteiger partial charge on any atom is 0.207 e. The van der Waals surface area contributed by atoms with E-state index in [0.29, 0.717) is 13.2 Å². The number of aromatic nitrogens is 4. The number of imidazole rings is 1. The minimum absolute atomic E-state index is 0.0566. The SMILES string of the molecule is Cc1noc(C)c1-c1ccc2nc(N3CCC(O)C3)n3c2c1OCC3c1cccnc1. The molecule has 1 saturated heterocycles. The van der Waals surface area contributed by atoms with Crippen LogP contribution in [0.1, 0.15) is 29.5 Å². The lowest BCUT2D eigenvalue weighted by molar-refractivity contribution is 0.198. The highest BCUT2D eigenvalue weighted by Crippen LogP contribution is 2.46. The van der Waals surface area contributed by atoms with Gasteiger partial charge in [-0.3, -0.25) is 9.55 Å². The van der Waals surface area contributed by atoms with Crippen molar-refractivity contribution >= 4 is 17.0 Å². The Hall–Kier alpha value is -3.39. The van der Waals surface area contributed by atoms with Crippen molar-refractivity contribution in [1.29, 1.82) is 0 Å². The molecule has 0 radical (unpaired) electrons. The average Bonchev–Trinajstić information content (AvgIpc) is 3.48. The molecular formula is C23H23N5O3. The normalized spacial score (nSPS) is 20.4. The first-order chi connectivity index (χ1) is 15.1. The number of rotatable bonds is 3. The van der Waals surface area contributed by atoms with Gasteiger partial charge in [-0.15, -0.1) is 0 Å². The molecule has 0 aliphatic carbocycles. The minimum atomic E-state index is -0.332. The van der Waals surface area contributed by atoms with Gasteiger partial charge in [-0.2, -0.15) is 0 Å². The highest BCUT2D eigenvalue weighted by Gasteiger charge is 2.34. The first kappa shape index (κ1) is 18.4. The Bertz CT molecular complexity index is 1260. The smallest absolute Gasteiger partial charge is 0.207 e. The number of anilines is 1. The number of benzene rings is 1. The molecule has 4 aromatic rings. The zero-order chi connectivity index (χ0) is 21.1. The Balaban J connectivity index is 1.62. The van der Waals surface area contributed by atoms with Crippen LogP contribution in [-0.4, -0.2) is 50.6 Å². The molecule has 0 saturated carbocycles. The van der Waals surface area contributed by atoms with Crippen molar-refractivity contribution in [2.75, 3.05) is 24.6 Å². The van der Waals surface area contributed by atoms with E-state index in [4.69, 9.17) is 14.2 Å². The summed E-state index contributed by atoms with van der Waals surface area (Å²) in [6, 6.07) is 8.02. The summed E-state index contributed by atoms with van der Waals surface area (Å²) in [7, 11) is 0. The highest BCUT2D eigenvalue weighted by atomic mass is 16.5. The first-order valence-electron chi connectivity index (χ1n) is 10.6. The molecule has 2 atom stereocenters.